The largest absolute Gasteiger partial charge is 0.486 e. The lowest BCUT2D eigenvalue weighted by Crippen LogP contribution is -2.42. The molecular weight excluding hydrogens is 297 g/mol. The summed E-state index contributed by atoms with van der Waals surface area (Å²) in [5.74, 6) is 0.876. The van der Waals surface area contributed by atoms with Gasteiger partial charge in [0.25, 0.3) is 0 Å². The Bertz CT molecular complexity index is 704. The normalized spacial score (nSPS) is 16.0. The van der Waals surface area contributed by atoms with Gasteiger partial charge in [0.1, 0.15) is 12.4 Å². The van der Waals surface area contributed by atoms with E-state index in [0.717, 1.165) is 0 Å². The Morgan fingerprint density at radius 3 is 2.65 bits per heavy atom. The van der Waals surface area contributed by atoms with Crippen LogP contribution in [0.25, 0.3) is 0 Å². The van der Waals surface area contributed by atoms with Crippen LogP contribution in [0.2, 0.25) is 0 Å². The van der Waals surface area contributed by atoms with Crippen molar-refractivity contribution in [1.82, 2.24) is 4.90 Å². The Kier molecular flexibility index (Phi) is 4.46. The topological polar surface area (TPSA) is 38.8 Å². The minimum absolute atomic E-state index is 0.0351. The number of nitrogens with zero attached hydrogens (tertiary/aromatic N) is 1. The zero-order valence-corrected chi connectivity index (χ0v) is 12.9. The molecule has 0 saturated heterocycles. The van der Waals surface area contributed by atoms with Gasteiger partial charge in [-0.3, -0.25) is 4.79 Å². The molecule has 4 nitrogen and oxygen atoms in total. The number of hydrogen-bond acceptors (Lipinski definition) is 3. The van der Waals surface area contributed by atoms with Crippen molar-refractivity contribution < 1.29 is 18.7 Å². The molecule has 0 bridgehead atoms. The highest BCUT2D eigenvalue weighted by Gasteiger charge is 2.24. The molecular formula is C18H18FNO3. The van der Waals surface area contributed by atoms with Crippen LogP contribution in [-0.2, 0) is 11.2 Å². The molecule has 1 atom stereocenters. The summed E-state index contributed by atoms with van der Waals surface area (Å²) < 4.78 is 25.1. The number of ether oxygens (including phenoxy) is 2. The fraction of sp³-hybridized carbons (Fsp3) is 0.278. The first-order chi connectivity index (χ1) is 11.1. The Balaban J connectivity index is 1.58. The molecule has 2 aromatic rings. The van der Waals surface area contributed by atoms with Gasteiger partial charge in [-0.25, -0.2) is 4.39 Å². The van der Waals surface area contributed by atoms with Crippen molar-refractivity contribution in [3.05, 3.63) is 59.9 Å². The third-order valence-corrected chi connectivity index (χ3v) is 3.77. The Morgan fingerprint density at radius 2 is 1.87 bits per heavy atom. The number of benzene rings is 2. The summed E-state index contributed by atoms with van der Waals surface area (Å²) in [7, 11) is 1.69. The van der Waals surface area contributed by atoms with E-state index in [9.17, 15) is 9.18 Å². The van der Waals surface area contributed by atoms with Crippen LogP contribution >= 0.6 is 0 Å². The number of halogens is 1. The summed E-state index contributed by atoms with van der Waals surface area (Å²) in [4.78, 5) is 13.8. The van der Waals surface area contributed by atoms with Crippen LogP contribution in [0.3, 0.4) is 0 Å². The minimum atomic E-state index is -0.361. The average molecular weight is 315 g/mol. The number of likely N-dealkylation sites (N-methyl/N-ethyl adjacent to an activating group) is 1. The van der Waals surface area contributed by atoms with Crippen molar-refractivity contribution in [3.63, 3.8) is 0 Å². The molecule has 1 amide bonds. The van der Waals surface area contributed by atoms with E-state index in [0.29, 0.717) is 30.2 Å². The van der Waals surface area contributed by atoms with E-state index in [1.807, 2.05) is 24.3 Å². The number of amides is 1. The van der Waals surface area contributed by atoms with Gasteiger partial charge in [0.05, 0.1) is 13.0 Å². The molecule has 3 rings (SSSR count). The molecule has 0 aromatic heterocycles. The maximum absolute atomic E-state index is 13.6. The van der Waals surface area contributed by atoms with Crippen molar-refractivity contribution >= 4 is 5.91 Å². The SMILES string of the molecule is CN(C[C@@H]1COc2ccccc2O1)C(=O)Cc1ccccc1F. The van der Waals surface area contributed by atoms with E-state index in [2.05, 4.69) is 0 Å². The number of rotatable bonds is 4. The van der Waals surface area contributed by atoms with Gasteiger partial charge in [-0.1, -0.05) is 30.3 Å². The van der Waals surface area contributed by atoms with Crippen LogP contribution in [0.4, 0.5) is 4.39 Å². The average Bonchev–Trinajstić information content (AvgIpc) is 2.56. The third-order valence-electron chi connectivity index (χ3n) is 3.77. The monoisotopic (exact) mass is 315 g/mol. The fourth-order valence-corrected chi connectivity index (χ4v) is 2.50. The summed E-state index contributed by atoms with van der Waals surface area (Å²) in [5, 5.41) is 0. The van der Waals surface area contributed by atoms with Crippen LogP contribution in [-0.4, -0.2) is 37.1 Å². The van der Waals surface area contributed by atoms with Gasteiger partial charge < -0.3 is 14.4 Å². The minimum Gasteiger partial charge on any atom is -0.486 e. The van der Waals surface area contributed by atoms with E-state index < -0.39 is 0 Å². The van der Waals surface area contributed by atoms with E-state index in [1.165, 1.54) is 6.07 Å². The summed E-state index contributed by atoms with van der Waals surface area (Å²) in [6, 6.07) is 13.7. The molecule has 0 saturated carbocycles. The van der Waals surface area contributed by atoms with Gasteiger partial charge in [0.15, 0.2) is 17.6 Å². The molecule has 120 valence electrons. The van der Waals surface area contributed by atoms with Crippen LogP contribution < -0.4 is 9.47 Å². The molecule has 0 N–H and O–H groups in total. The summed E-state index contributed by atoms with van der Waals surface area (Å²) in [6.07, 6.45) is -0.202. The summed E-state index contributed by atoms with van der Waals surface area (Å²) in [6.45, 7) is 0.774. The zero-order valence-electron chi connectivity index (χ0n) is 12.9. The molecule has 0 unspecified atom stereocenters. The molecule has 0 aliphatic carbocycles. The second-order valence-corrected chi connectivity index (χ2v) is 5.54. The van der Waals surface area contributed by atoms with E-state index in [1.54, 1.807) is 30.1 Å². The van der Waals surface area contributed by atoms with Crippen molar-refractivity contribution in [2.45, 2.75) is 12.5 Å². The highest BCUT2D eigenvalue weighted by atomic mass is 19.1. The molecule has 0 spiro atoms. The van der Waals surface area contributed by atoms with Crippen molar-refractivity contribution in [2.75, 3.05) is 20.2 Å². The maximum Gasteiger partial charge on any atom is 0.226 e. The fourth-order valence-electron chi connectivity index (χ4n) is 2.50. The maximum atomic E-state index is 13.6. The van der Waals surface area contributed by atoms with Gasteiger partial charge in [0, 0.05) is 7.05 Å². The molecule has 23 heavy (non-hydrogen) atoms. The molecule has 0 fully saturated rings. The van der Waals surface area contributed by atoms with Gasteiger partial charge in [0.2, 0.25) is 5.91 Å². The molecule has 0 radical (unpaired) electrons. The van der Waals surface area contributed by atoms with Gasteiger partial charge in [-0.15, -0.1) is 0 Å². The number of fused-ring (bicyclic) bond motifs is 1. The second-order valence-electron chi connectivity index (χ2n) is 5.54. The van der Waals surface area contributed by atoms with Crippen molar-refractivity contribution in [3.8, 4) is 11.5 Å². The van der Waals surface area contributed by atoms with Gasteiger partial charge >= 0.3 is 0 Å². The van der Waals surface area contributed by atoms with Gasteiger partial charge in [-0.2, -0.15) is 0 Å². The second kappa shape index (κ2) is 6.69. The Labute approximate surface area is 134 Å². The first-order valence-electron chi connectivity index (χ1n) is 7.49. The Hall–Kier alpha value is -2.56. The predicted octanol–water partition coefficient (Wildman–Crippen LogP) is 2.67. The highest BCUT2D eigenvalue weighted by molar-refractivity contribution is 5.78. The molecule has 1 aliphatic heterocycles. The molecule has 1 heterocycles. The standard InChI is InChI=1S/C18H18FNO3/c1-20(18(21)10-13-6-2-3-7-15(13)19)11-14-12-22-16-8-4-5-9-17(16)23-14/h2-9,14H,10-12H2,1H3/t14-/m1/s1. The van der Waals surface area contributed by atoms with Crippen LogP contribution in [0, 0.1) is 5.82 Å². The highest BCUT2D eigenvalue weighted by Crippen LogP contribution is 2.30. The first-order valence-corrected chi connectivity index (χ1v) is 7.49. The predicted molar refractivity (Wildman–Crippen MR) is 84.1 cm³/mol. The number of carbonyl (C=O) groups is 1. The van der Waals surface area contributed by atoms with E-state index in [-0.39, 0.29) is 24.2 Å². The van der Waals surface area contributed by atoms with Crippen LogP contribution in [0.15, 0.2) is 48.5 Å². The van der Waals surface area contributed by atoms with Crippen molar-refractivity contribution in [2.24, 2.45) is 0 Å². The van der Waals surface area contributed by atoms with Crippen LogP contribution in [0.5, 0.6) is 11.5 Å². The summed E-state index contributed by atoms with van der Waals surface area (Å²) >= 11 is 0. The number of para-hydroxylation sites is 2. The molecule has 1 aliphatic rings. The Morgan fingerprint density at radius 1 is 1.17 bits per heavy atom. The summed E-state index contributed by atoms with van der Waals surface area (Å²) in [5.41, 5.74) is 0.399. The molecule has 2 aromatic carbocycles. The number of carbonyl (C=O) groups excluding carboxylic acids is 1. The molecule has 5 heteroatoms. The first kappa shape index (κ1) is 15.3. The van der Waals surface area contributed by atoms with Crippen molar-refractivity contribution in [1.29, 1.82) is 0 Å². The van der Waals surface area contributed by atoms with Crippen LogP contribution in [0.1, 0.15) is 5.56 Å². The lowest BCUT2D eigenvalue weighted by Gasteiger charge is -2.29. The number of hydrogen-bond donors (Lipinski definition) is 0. The van der Waals surface area contributed by atoms with Gasteiger partial charge in [-0.05, 0) is 23.8 Å². The third kappa shape index (κ3) is 3.62. The lowest BCUT2D eigenvalue weighted by molar-refractivity contribution is -0.130. The smallest absolute Gasteiger partial charge is 0.226 e. The zero-order chi connectivity index (χ0) is 16.2. The van der Waals surface area contributed by atoms with E-state index >= 15 is 0 Å². The quantitative estimate of drug-likeness (QED) is 0.871. The van der Waals surface area contributed by atoms with E-state index in [4.69, 9.17) is 9.47 Å². The lowest BCUT2D eigenvalue weighted by atomic mass is 10.1.